The highest BCUT2D eigenvalue weighted by atomic mass is 32.2. The van der Waals surface area contributed by atoms with Gasteiger partial charge >= 0.3 is 10.8 Å². The van der Waals surface area contributed by atoms with Crippen LogP contribution < -0.4 is 15.1 Å². The fraction of sp³-hybridized carbons (Fsp3) is 0.194. The normalized spacial score (nSPS) is 19.0. The van der Waals surface area contributed by atoms with Crippen LogP contribution in [0.4, 0.5) is 15.8 Å². The second-order valence-corrected chi connectivity index (χ2v) is 12.2. The van der Waals surface area contributed by atoms with E-state index in [1.54, 1.807) is 19.1 Å². The molecular formula is C31H24FN3O7S2. The number of imide groups is 1. The van der Waals surface area contributed by atoms with E-state index >= 15 is 0 Å². The molecule has 0 unspecified atom stereocenters. The number of nitrogens with zero attached hydrogens (tertiary/aromatic N) is 2. The number of esters is 1. The number of rotatable bonds is 7. The van der Waals surface area contributed by atoms with Crippen molar-refractivity contribution in [3.05, 3.63) is 104 Å². The maximum absolute atomic E-state index is 14.0. The summed E-state index contributed by atoms with van der Waals surface area (Å²) in [5, 5.41) is 12.0. The number of nitrogens with one attached hydrogen (secondary N) is 1. The molecule has 1 aromatic heterocycles. The number of phenols is 1. The van der Waals surface area contributed by atoms with Crippen LogP contribution in [0.25, 0.3) is 0 Å². The van der Waals surface area contributed by atoms with Gasteiger partial charge in [-0.15, -0.1) is 0 Å². The molecular weight excluding hydrogens is 609 g/mol. The van der Waals surface area contributed by atoms with Crippen molar-refractivity contribution in [2.45, 2.75) is 29.7 Å². The Kier molecular flexibility index (Phi) is 7.82. The predicted octanol–water partition coefficient (Wildman–Crippen LogP) is 4.37. The molecule has 0 saturated carbocycles. The molecule has 0 bridgehead atoms. The van der Waals surface area contributed by atoms with Gasteiger partial charge < -0.3 is 15.2 Å². The molecule has 2 N–H and O–H groups in total. The minimum Gasteiger partial charge on any atom is -0.508 e. The van der Waals surface area contributed by atoms with Crippen molar-refractivity contribution in [3.8, 4) is 5.75 Å². The average Bonchev–Trinajstić information content (AvgIpc) is 3.45. The number of fused-ring (bicyclic) bond motifs is 2. The largest absolute Gasteiger partial charge is 0.508 e. The van der Waals surface area contributed by atoms with Gasteiger partial charge in [0.2, 0.25) is 17.7 Å². The van der Waals surface area contributed by atoms with Gasteiger partial charge in [-0.2, -0.15) is 0 Å². The number of hydrogen-bond donors (Lipinski definition) is 2. The van der Waals surface area contributed by atoms with E-state index in [1.165, 1.54) is 65.2 Å². The summed E-state index contributed by atoms with van der Waals surface area (Å²) in [7, 11) is 0. The Bertz CT molecular complexity index is 1840. The lowest BCUT2D eigenvalue weighted by Gasteiger charge is -2.30. The minimum atomic E-state index is -0.918. The van der Waals surface area contributed by atoms with Crippen LogP contribution in [0, 0.1) is 11.7 Å². The molecule has 6 rings (SSSR count). The second kappa shape index (κ2) is 11.7. The zero-order valence-electron chi connectivity index (χ0n) is 23.1. The Hall–Kier alpha value is -4.75. The van der Waals surface area contributed by atoms with Gasteiger partial charge in [0.25, 0.3) is 0 Å². The zero-order valence-corrected chi connectivity index (χ0v) is 24.7. The molecule has 3 heterocycles. The molecule has 44 heavy (non-hydrogen) atoms. The molecule has 13 heteroatoms. The summed E-state index contributed by atoms with van der Waals surface area (Å²) in [6.07, 6.45) is 0. The number of phenolic OH excluding ortho intramolecular Hbond substituents is 1. The van der Waals surface area contributed by atoms with Gasteiger partial charge in [-0.3, -0.25) is 23.7 Å². The van der Waals surface area contributed by atoms with Crippen molar-refractivity contribution >= 4 is 58.2 Å². The van der Waals surface area contributed by atoms with Crippen LogP contribution in [-0.4, -0.2) is 45.2 Å². The summed E-state index contributed by atoms with van der Waals surface area (Å²) in [5.41, 5.74) is 1.52. The van der Waals surface area contributed by atoms with Crippen molar-refractivity contribution in [1.29, 1.82) is 0 Å². The molecule has 0 aliphatic carbocycles. The lowest BCUT2D eigenvalue weighted by Crippen LogP contribution is -2.33. The Morgan fingerprint density at radius 2 is 1.64 bits per heavy atom. The van der Waals surface area contributed by atoms with Crippen LogP contribution in [0.2, 0.25) is 0 Å². The third kappa shape index (κ3) is 5.28. The zero-order chi connectivity index (χ0) is 31.1. The lowest BCUT2D eigenvalue weighted by molar-refractivity contribution is -0.122. The van der Waals surface area contributed by atoms with E-state index in [0.29, 0.717) is 21.2 Å². The van der Waals surface area contributed by atoms with E-state index in [2.05, 4.69) is 5.32 Å². The number of thioether (sulfide) groups is 1. The van der Waals surface area contributed by atoms with E-state index in [4.69, 9.17) is 4.74 Å². The fourth-order valence-corrected chi connectivity index (χ4v) is 8.16. The molecule has 1 fully saturated rings. The lowest BCUT2D eigenvalue weighted by atomic mass is 9.83. The summed E-state index contributed by atoms with van der Waals surface area (Å²) in [5.74, 6) is -4.06. The topological polar surface area (TPSA) is 135 Å². The first-order chi connectivity index (χ1) is 21.2. The molecule has 3 amide bonds. The maximum atomic E-state index is 14.0. The smallest absolute Gasteiger partial charge is 0.338 e. The molecule has 2 aliphatic heterocycles. The highest BCUT2D eigenvalue weighted by Gasteiger charge is 2.56. The first-order valence-electron chi connectivity index (χ1n) is 13.6. The highest BCUT2D eigenvalue weighted by Crippen LogP contribution is 2.54. The number of aromatic hydroxyl groups is 1. The Balaban J connectivity index is 1.36. The summed E-state index contributed by atoms with van der Waals surface area (Å²) in [4.78, 5) is 67.4. The highest BCUT2D eigenvalue weighted by molar-refractivity contribution is 8.00. The van der Waals surface area contributed by atoms with Crippen molar-refractivity contribution in [1.82, 2.24) is 4.57 Å². The van der Waals surface area contributed by atoms with Crippen LogP contribution in [0.1, 0.15) is 33.6 Å². The number of carbonyl (C=O) groups is 4. The van der Waals surface area contributed by atoms with Gasteiger partial charge in [0.15, 0.2) is 0 Å². The van der Waals surface area contributed by atoms with E-state index in [0.717, 1.165) is 28.0 Å². The predicted molar refractivity (Wildman–Crippen MR) is 162 cm³/mol. The molecule has 224 valence electrons. The second-order valence-electron chi connectivity index (χ2n) is 10.1. The van der Waals surface area contributed by atoms with Crippen molar-refractivity contribution in [2.75, 3.05) is 16.8 Å². The number of hydrogen-bond acceptors (Lipinski definition) is 9. The quantitative estimate of drug-likeness (QED) is 0.226. The third-order valence-corrected chi connectivity index (χ3v) is 9.97. The van der Waals surface area contributed by atoms with Crippen LogP contribution in [0.3, 0.4) is 0 Å². The van der Waals surface area contributed by atoms with Crippen LogP contribution in [-0.2, 0) is 25.7 Å². The van der Waals surface area contributed by atoms with E-state index in [9.17, 15) is 33.5 Å². The van der Waals surface area contributed by atoms with Gasteiger partial charge in [0, 0.05) is 16.5 Å². The number of anilines is 2. The van der Waals surface area contributed by atoms with Crippen molar-refractivity contribution in [3.63, 3.8) is 0 Å². The van der Waals surface area contributed by atoms with Gasteiger partial charge in [0.05, 0.1) is 28.8 Å². The van der Waals surface area contributed by atoms with Crippen LogP contribution in [0.15, 0.2) is 82.6 Å². The Morgan fingerprint density at radius 1 is 0.955 bits per heavy atom. The number of thiazole rings is 1. The first-order valence-corrected chi connectivity index (χ1v) is 15.3. The summed E-state index contributed by atoms with van der Waals surface area (Å²) in [6.45, 7) is 1.52. The van der Waals surface area contributed by atoms with E-state index < -0.39 is 51.5 Å². The SMILES string of the molecule is CCOC(=O)c1ccc(N2C(=O)[C@@H]3[C@H](c4ccc(O)cc4)c4sc(=O)n(CC(=O)Nc5ccc(F)cc5)c4S[C@@H]3C2=O)cc1. The summed E-state index contributed by atoms with van der Waals surface area (Å²) < 4.78 is 19.6. The molecule has 10 nitrogen and oxygen atoms in total. The summed E-state index contributed by atoms with van der Waals surface area (Å²) in [6, 6.07) is 17.4. The van der Waals surface area contributed by atoms with Gasteiger partial charge in [-0.05, 0) is 73.2 Å². The van der Waals surface area contributed by atoms with Crippen molar-refractivity contribution in [2.24, 2.45) is 5.92 Å². The van der Waals surface area contributed by atoms with Crippen LogP contribution >= 0.6 is 23.1 Å². The average molecular weight is 634 g/mol. The standard InChI is InChI=1S/C31H24FN3O7S2/c1-2-42-30(40)17-3-11-20(12-4-17)35-27(38)24-23(16-5-13-21(36)14-6-16)26-29(43-25(24)28(35)39)34(31(41)44-26)15-22(37)33-19-9-7-18(32)8-10-19/h3-14,23-25,36H,2,15H2,1H3,(H,33,37)/t23-,24+,25-/m0/s1. The van der Waals surface area contributed by atoms with Gasteiger partial charge in [0.1, 0.15) is 23.4 Å². The number of carbonyl (C=O) groups excluding carboxylic acids is 4. The van der Waals surface area contributed by atoms with E-state index in [-0.39, 0.29) is 30.2 Å². The molecule has 0 spiro atoms. The van der Waals surface area contributed by atoms with Crippen molar-refractivity contribution < 1.29 is 33.4 Å². The third-order valence-electron chi connectivity index (χ3n) is 7.37. The Labute approximate surface area is 258 Å². The molecule has 2 aliphatic rings. The van der Waals surface area contributed by atoms with E-state index in [1.807, 2.05) is 0 Å². The number of halogens is 1. The number of amides is 3. The molecule has 3 aromatic carbocycles. The fourth-order valence-electron chi connectivity index (χ4n) is 5.39. The number of ether oxygens (including phenoxy) is 1. The number of benzene rings is 3. The minimum absolute atomic E-state index is 0.0103. The molecule has 4 aromatic rings. The molecule has 3 atom stereocenters. The van der Waals surface area contributed by atoms with Crippen LogP contribution in [0.5, 0.6) is 5.75 Å². The van der Waals surface area contributed by atoms with Gasteiger partial charge in [-0.1, -0.05) is 35.2 Å². The molecule has 0 radical (unpaired) electrons. The first kappa shape index (κ1) is 29.3. The maximum Gasteiger partial charge on any atom is 0.338 e. The van der Waals surface area contributed by atoms with Gasteiger partial charge in [-0.25, -0.2) is 14.1 Å². The summed E-state index contributed by atoms with van der Waals surface area (Å²) >= 11 is 1.95. The molecule has 1 saturated heterocycles. The monoisotopic (exact) mass is 633 g/mol. The Morgan fingerprint density at radius 3 is 2.30 bits per heavy atom. The number of aromatic nitrogens is 1.